The van der Waals surface area contributed by atoms with Crippen LogP contribution in [0.3, 0.4) is 0 Å². The van der Waals surface area contributed by atoms with Crippen molar-refractivity contribution in [2.24, 2.45) is 0 Å². The molecule has 0 saturated heterocycles. The van der Waals surface area contributed by atoms with E-state index in [4.69, 9.17) is 0 Å². The molecule has 4 heteroatoms. The smallest absolute Gasteiger partial charge is 0.233 e. The van der Waals surface area contributed by atoms with Crippen LogP contribution in [0.2, 0.25) is 0 Å². The Labute approximate surface area is 98.4 Å². The highest BCUT2D eigenvalue weighted by atomic mass is 79.9. The third-order valence-corrected chi connectivity index (χ3v) is 2.68. The van der Waals surface area contributed by atoms with E-state index in [0.29, 0.717) is 13.1 Å². The number of benzene rings is 1. The second kappa shape index (κ2) is 5.88. The second-order valence-electron chi connectivity index (χ2n) is 3.35. The van der Waals surface area contributed by atoms with E-state index in [1.807, 2.05) is 6.07 Å². The zero-order valence-electron chi connectivity index (χ0n) is 8.93. The van der Waals surface area contributed by atoms with Gasteiger partial charge >= 0.3 is 0 Å². The summed E-state index contributed by atoms with van der Waals surface area (Å²) < 4.78 is 1.08. The van der Waals surface area contributed by atoms with E-state index in [2.05, 4.69) is 45.6 Å². The van der Waals surface area contributed by atoms with Crippen molar-refractivity contribution < 1.29 is 4.79 Å². The first-order valence-electron chi connectivity index (χ1n) is 4.80. The SMILES string of the molecule is CNC(=O)CNCc1ccc(Br)cc1C. The van der Waals surface area contributed by atoms with Gasteiger partial charge in [-0.1, -0.05) is 22.0 Å². The maximum atomic E-state index is 11.0. The molecule has 0 spiro atoms. The van der Waals surface area contributed by atoms with Gasteiger partial charge in [0.15, 0.2) is 0 Å². The van der Waals surface area contributed by atoms with Crippen LogP contribution in [-0.4, -0.2) is 19.5 Å². The monoisotopic (exact) mass is 270 g/mol. The average Bonchev–Trinajstić information content (AvgIpc) is 2.21. The van der Waals surface area contributed by atoms with Crippen LogP contribution in [0.25, 0.3) is 0 Å². The lowest BCUT2D eigenvalue weighted by atomic mass is 10.1. The Morgan fingerprint density at radius 1 is 1.47 bits per heavy atom. The van der Waals surface area contributed by atoms with E-state index in [1.54, 1.807) is 7.05 Å². The normalized spacial score (nSPS) is 10.1. The maximum absolute atomic E-state index is 11.0. The summed E-state index contributed by atoms with van der Waals surface area (Å²) in [5.74, 6) is 0.00441. The molecule has 0 aliphatic rings. The zero-order valence-corrected chi connectivity index (χ0v) is 10.5. The van der Waals surface area contributed by atoms with Crippen LogP contribution in [0.5, 0.6) is 0 Å². The van der Waals surface area contributed by atoms with Gasteiger partial charge in [0.25, 0.3) is 0 Å². The molecule has 15 heavy (non-hydrogen) atoms. The summed E-state index contributed by atoms with van der Waals surface area (Å²) in [6.07, 6.45) is 0. The second-order valence-corrected chi connectivity index (χ2v) is 4.26. The summed E-state index contributed by atoms with van der Waals surface area (Å²) in [5, 5.41) is 5.65. The zero-order chi connectivity index (χ0) is 11.3. The summed E-state index contributed by atoms with van der Waals surface area (Å²) in [7, 11) is 1.63. The molecule has 1 rings (SSSR count). The lowest BCUT2D eigenvalue weighted by Gasteiger charge is -2.07. The summed E-state index contributed by atoms with van der Waals surface area (Å²) in [6, 6.07) is 6.12. The number of hydrogen-bond acceptors (Lipinski definition) is 2. The molecule has 82 valence electrons. The van der Waals surface area contributed by atoms with Gasteiger partial charge in [0.1, 0.15) is 0 Å². The number of carbonyl (C=O) groups excluding carboxylic acids is 1. The van der Waals surface area contributed by atoms with Crippen LogP contribution in [-0.2, 0) is 11.3 Å². The van der Waals surface area contributed by atoms with Crippen molar-refractivity contribution in [1.82, 2.24) is 10.6 Å². The topological polar surface area (TPSA) is 41.1 Å². The van der Waals surface area contributed by atoms with Crippen LogP contribution >= 0.6 is 15.9 Å². The Kier molecular flexibility index (Phi) is 4.78. The molecule has 0 aromatic heterocycles. The largest absolute Gasteiger partial charge is 0.358 e. The predicted molar refractivity (Wildman–Crippen MR) is 64.7 cm³/mol. The molecule has 1 amide bonds. The van der Waals surface area contributed by atoms with Gasteiger partial charge in [-0.15, -0.1) is 0 Å². The minimum Gasteiger partial charge on any atom is -0.358 e. The molecular weight excluding hydrogens is 256 g/mol. The highest BCUT2D eigenvalue weighted by Crippen LogP contribution is 2.15. The van der Waals surface area contributed by atoms with Gasteiger partial charge in [0.05, 0.1) is 6.54 Å². The fourth-order valence-electron chi connectivity index (χ4n) is 1.26. The minimum absolute atomic E-state index is 0.00441. The number of aryl methyl sites for hydroxylation is 1. The molecule has 0 saturated carbocycles. The van der Waals surface area contributed by atoms with Gasteiger partial charge in [-0.3, -0.25) is 4.79 Å². The van der Waals surface area contributed by atoms with E-state index in [9.17, 15) is 4.79 Å². The molecule has 0 aliphatic carbocycles. The molecule has 0 bridgehead atoms. The molecule has 1 aromatic rings. The molecule has 0 radical (unpaired) electrons. The predicted octanol–water partition coefficient (Wildman–Crippen LogP) is 1.59. The molecule has 0 fully saturated rings. The average molecular weight is 271 g/mol. The number of nitrogens with one attached hydrogen (secondary N) is 2. The first kappa shape index (κ1) is 12.2. The number of rotatable bonds is 4. The van der Waals surface area contributed by atoms with Gasteiger partial charge in [-0.05, 0) is 30.2 Å². The van der Waals surface area contributed by atoms with Crippen molar-refractivity contribution in [2.45, 2.75) is 13.5 Å². The van der Waals surface area contributed by atoms with Crippen molar-refractivity contribution in [1.29, 1.82) is 0 Å². The van der Waals surface area contributed by atoms with E-state index in [0.717, 1.165) is 4.47 Å². The maximum Gasteiger partial charge on any atom is 0.233 e. The van der Waals surface area contributed by atoms with Crippen molar-refractivity contribution in [2.75, 3.05) is 13.6 Å². The number of amides is 1. The third kappa shape index (κ3) is 4.01. The summed E-state index contributed by atoms with van der Waals surface area (Å²) in [6.45, 7) is 3.13. The van der Waals surface area contributed by atoms with E-state index < -0.39 is 0 Å². The molecule has 0 atom stereocenters. The molecular formula is C11H15BrN2O. The quantitative estimate of drug-likeness (QED) is 0.873. The molecule has 0 aliphatic heterocycles. The molecule has 0 heterocycles. The van der Waals surface area contributed by atoms with Gasteiger partial charge < -0.3 is 10.6 Å². The number of hydrogen-bond donors (Lipinski definition) is 2. The Morgan fingerprint density at radius 2 is 2.20 bits per heavy atom. The first-order chi connectivity index (χ1) is 7.13. The van der Waals surface area contributed by atoms with Crippen LogP contribution in [0.15, 0.2) is 22.7 Å². The van der Waals surface area contributed by atoms with Crippen LogP contribution in [0, 0.1) is 6.92 Å². The van der Waals surface area contributed by atoms with Gasteiger partial charge in [-0.2, -0.15) is 0 Å². The van der Waals surface area contributed by atoms with E-state index in [1.165, 1.54) is 11.1 Å². The highest BCUT2D eigenvalue weighted by Gasteiger charge is 2.00. The lowest BCUT2D eigenvalue weighted by Crippen LogP contribution is -2.31. The summed E-state index contributed by atoms with van der Waals surface area (Å²) >= 11 is 3.41. The van der Waals surface area contributed by atoms with Gasteiger partial charge in [0, 0.05) is 18.1 Å². The van der Waals surface area contributed by atoms with Gasteiger partial charge in [-0.25, -0.2) is 0 Å². The van der Waals surface area contributed by atoms with Crippen LogP contribution in [0.1, 0.15) is 11.1 Å². The molecule has 3 nitrogen and oxygen atoms in total. The van der Waals surface area contributed by atoms with Crippen molar-refractivity contribution in [3.63, 3.8) is 0 Å². The Hall–Kier alpha value is -0.870. The Bertz CT molecular complexity index is 352. The Morgan fingerprint density at radius 3 is 2.80 bits per heavy atom. The van der Waals surface area contributed by atoms with Crippen molar-refractivity contribution in [3.05, 3.63) is 33.8 Å². The standard InChI is InChI=1S/C11H15BrN2O/c1-8-5-10(12)4-3-9(8)6-14-7-11(15)13-2/h3-5,14H,6-7H2,1-2H3,(H,13,15). The third-order valence-electron chi connectivity index (χ3n) is 2.18. The summed E-state index contributed by atoms with van der Waals surface area (Å²) in [4.78, 5) is 11.0. The number of carbonyl (C=O) groups is 1. The fourth-order valence-corrected chi connectivity index (χ4v) is 1.73. The lowest BCUT2D eigenvalue weighted by molar-refractivity contribution is -0.119. The number of likely N-dealkylation sites (N-methyl/N-ethyl adjacent to an activating group) is 1. The highest BCUT2D eigenvalue weighted by molar-refractivity contribution is 9.10. The Balaban J connectivity index is 2.47. The molecule has 2 N–H and O–H groups in total. The number of halogens is 1. The van der Waals surface area contributed by atoms with Crippen molar-refractivity contribution in [3.8, 4) is 0 Å². The molecule has 1 aromatic carbocycles. The minimum atomic E-state index is 0.00441. The summed E-state index contributed by atoms with van der Waals surface area (Å²) in [5.41, 5.74) is 2.43. The van der Waals surface area contributed by atoms with E-state index >= 15 is 0 Å². The van der Waals surface area contributed by atoms with E-state index in [-0.39, 0.29) is 5.91 Å². The fraction of sp³-hybridized carbons (Fsp3) is 0.364. The van der Waals surface area contributed by atoms with Crippen LogP contribution < -0.4 is 10.6 Å². The van der Waals surface area contributed by atoms with Crippen LogP contribution in [0.4, 0.5) is 0 Å². The van der Waals surface area contributed by atoms with Crippen molar-refractivity contribution >= 4 is 21.8 Å². The first-order valence-corrected chi connectivity index (χ1v) is 5.59. The molecule has 0 unspecified atom stereocenters. The van der Waals surface area contributed by atoms with Gasteiger partial charge in [0.2, 0.25) is 5.91 Å².